The predicted octanol–water partition coefficient (Wildman–Crippen LogP) is 3.12. The van der Waals surface area contributed by atoms with Crippen LogP contribution in [-0.4, -0.2) is 5.91 Å². The molecule has 3 heteroatoms. The molecule has 0 bridgehead atoms. The van der Waals surface area contributed by atoms with E-state index in [-0.39, 0.29) is 5.91 Å². The molecule has 0 aliphatic carbocycles. The lowest BCUT2D eigenvalue weighted by molar-refractivity contribution is -0.115. The van der Waals surface area contributed by atoms with Crippen LogP contribution in [0, 0.1) is 10.5 Å². The minimum atomic E-state index is 0.107. The monoisotopic (exact) mass is 303 g/mol. The summed E-state index contributed by atoms with van der Waals surface area (Å²) in [4.78, 5) is 11.0. The first-order valence-corrected chi connectivity index (χ1v) is 5.84. The van der Waals surface area contributed by atoms with Crippen LogP contribution in [0.2, 0.25) is 0 Å². The van der Waals surface area contributed by atoms with Crippen LogP contribution in [0.4, 0.5) is 5.69 Å². The Morgan fingerprint density at radius 3 is 2.64 bits per heavy atom. The maximum atomic E-state index is 11.0. The fraction of sp³-hybridized carbons (Fsp3) is 0.364. The van der Waals surface area contributed by atoms with Crippen molar-refractivity contribution in [2.45, 2.75) is 27.2 Å². The van der Waals surface area contributed by atoms with E-state index in [4.69, 9.17) is 0 Å². The van der Waals surface area contributed by atoms with E-state index in [1.165, 1.54) is 9.13 Å². The molecular formula is C11H14INO. The van der Waals surface area contributed by atoms with Gasteiger partial charge in [-0.25, -0.2) is 0 Å². The molecule has 0 saturated heterocycles. The highest BCUT2D eigenvalue weighted by molar-refractivity contribution is 14.1. The number of benzene rings is 1. The molecule has 1 aromatic rings. The lowest BCUT2D eigenvalue weighted by Gasteiger charge is -2.03. The zero-order valence-corrected chi connectivity index (χ0v) is 10.8. The topological polar surface area (TPSA) is 29.1 Å². The fourth-order valence-corrected chi connectivity index (χ4v) is 1.93. The van der Waals surface area contributed by atoms with Gasteiger partial charge < -0.3 is 5.32 Å². The average molecular weight is 303 g/mol. The Hall–Kier alpha value is -0.580. The molecule has 0 saturated carbocycles. The van der Waals surface area contributed by atoms with Gasteiger partial charge in [-0.2, -0.15) is 0 Å². The number of nitrogens with one attached hydrogen (secondary N) is 1. The number of carbonyl (C=O) groups is 1. The summed E-state index contributed by atoms with van der Waals surface area (Å²) in [5, 5.41) is 2.82. The molecule has 76 valence electrons. The van der Waals surface area contributed by atoms with Crippen molar-refractivity contribution in [3.63, 3.8) is 0 Å². The molecule has 1 amide bonds. The lowest BCUT2D eigenvalue weighted by Crippen LogP contribution is -2.03. The Labute approximate surface area is 98.2 Å². The first kappa shape index (κ1) is 11.5. The molecule has 0 radical (unpaired) electrons. The average Bonchev–Trinajstić information content (AvgIpc) is 2.57. The van der Waals surface area contributed by atoms with E-state index < -0.39 is 0 Å². The Kier molecular flexibility index (Phi) is 3.92. The zero-order chi connectivity index (χ0) is 10.7. The minimum absolute atomic E-state index is 0.107. The van der Waals surface area contributed by atoms with Crippen molar-refractivity contribution in [1.29, 1.82) is 0 Å². The third-order valence-corrected chi connectivity index (χ3v) is 3.31. The van der Waals surface area contributed by atoms with Gasteiger partial charge in [-0.3, -0.25) is 4.79 Å². The molecule has 1 N–H and O–H groups in total. The number of rotatable bonds is 0. The van der Waals surface area contributed by atoms with E-state index in [9.17, 15) is 4.79 Å². The van der Waals surface area contributed by atoms with Crippen LogP contribution >= 0.6 is 22.6 Å². The molecule has 0 aromatic heterocycles. The van der Waals surface area contributed by atoms with Gasteiger partial charge in [0.15, 0.2) is 0 Å². The van der Waals surface area contributed by atoms with Gasteiger partial charge in [0.25, 0.3) is 0 Å². The fourth-order valence-electron chi connectivity index (χ4n) is 1.43. The normalized spacial score (nSPS) is 12.7. The third kappa shape index (κ3) is 2.08. The van der Waals surface area contributed by atoms with Crippen LogP contribution in [0.25, 0.3) is 0 Å². The van der Waals surface area contributed by atoms with Gasteiger partial charge in [-0.1, -0.05) is 13.8 Å². The molecule has 0 fully saturated rings. The quantitative estimate of drug-likeness (QED) is 0.733. The van der Waals surface area contributed by atoms with Gasteiger partial charge in [-0.05, 0) is 52.8 Å². The molecular weight excluding hydrogens is 289 g/mol. The highest BCUT2D eigenvalue weighted by Crippen LogP contribution is 2.28. The van der Waals surface area contributed by atoms with Crippen molar-refractivity contribution in [2.75, 3.05) is 5.32 Å². The highest BCUT2D eigenvalue weighted by atomic mass is 127. The molecule has 1 aliphatic heterocycles. The summed E-state index contributed by atoms with van der Waals surface area (Å²) >= 11 is 2.29. The van der Waals surface area contributed by atoms with Crippen molar-refractivity contribution >= 4 is 34.2 Å². The number of fused-ring (bicyclic) bond motifs is 1. The zero-order valence-electron chi connectivity index (χ0n) is 8.65. The number of carbonyl (C=O) groups excluding carboxylic acids is 1. The molecule has 1 aliphatic rings. The van der Waals surface area contributed by atoms with E-state index in [1.807, 2.05) is 26.0 Å². The molecule has 2 nitrogen and oxygen atoms in total. The second kappa shape index (κ2) is 4.77. The van der Waals surface area contributed by atoms with Crippen LogP contribution < -0.4 is 5.32 Å². The molecule has 2 rings (SSSR count). The maximum absolute atomic E-state index is 11.0. The summed E-state index contributed by atoms with van der Waals surface area (Å²) in [5.41, 5.74) is 3.37. The maximum Gasteiger partial charge on any atom is 0.228 e. The standard InChI is InChI=1S/C9H8INO.C2H6/c1-5-6-4-9(12)11-8(6)3-2-7(5)10;1-2/h2-3H,4H2,1H3,(H,11,12);1-2H3. The Bertz CT molecular complexity index is 361. The number of hydrogen-bond acceptors (Lipinski definition) is 1. The summed E-state index contributed by atoms with van der Waals surface area (Å²) in [6.45, 7) is 6.06. The van der Waals surface area contributed by atoms with Crippen LogP contribution in [-0.2, 0) is 11.2 Å². The number of amides is 1. The summed E-state index contributed by atoms with van der Waals surface area (Å²) in [5.74, 6) is 0.107. The predicted molar refractivity (Wildman–Crippen MR) is 67.6 cm³/mol. The SMILES string of the molecule is CC.Cc1c(I)ccc2c1CC(=O)N2. The molecule has 1 aromatic carbocycles. The van der Waals surface area contributed by atoms with Crippen molar-refractivity contribution in [1.82, 2.24) is 0 Å². The summed E-state index contributed by atoms with van der Waals surface area (Å²) < 4.78 is 1.22. The van der Waals surface area contributed by atoms with Gasteiger partial charge in [0.1, 0.15) is 0 Å². The molecule has 1 heterocycles. The number of halogens is 1. The first-order valence-electron chi connectivity index (χ1n) is 4.76. The molecule has 0 atom stereocenters. The van der Waals surface area contributed by atoms with Gasteiger partial charge >= 0.3 is 0 Å². The second-order valence-electron chi connectivity index (χ2n) is 2.92. The van der Waals surface area contributed by atoms with Gasteiger partial charge in [-0.15, -0.1) is 0 Å². The highest BCUT2D eigenvalue weighted by Gasteiger charge is 2.19. The minimum Gasteiger partial charge on any atom is -0.326 e. The van der Waals surface area contributed by atoms with E-state index in [0.29, 0.717) is 6.42 Å². The van der Waals surface area contributed by atoms with Crippen molar-refractivity contribution in [3.05, 3.63) is 26.8 Å². The van der Waals surface area contributed by atoms with E-state index in [0.717, 1.165) is 11.3 Å². The Morgan fingerprint density at radius 1 is 1.36 bits per heavy atom. The van der Waals surface area contributed by atoms with Crippen molar-refractivity contribution < 1.29 is 4.79 Å². The first-order chi connectivity index (χ1) is 6.68. The number of anilines is 1. The summed E-state index contributed by atoms with van der Waals surface area (Å²) in [7, 11) is 0. The summed E-state index contributed by atoms with van der Waals surface area (Å²) in [6.07, 6.45) is 0.540. The number of hydrogen-bond donors (Lipinski definition) is 1. The van der Waals surface area contributed by atoms with Gasteiger partial charge in [0, 0.05) is 9.26 Å². The summed E-state index contributed by atoms with van der Waals surface area (Å²) in [6, 6.07) is 4.00. The molecule has 0 spiro atoms. The van der Waals surface area contributed by atoms with Crippen LogP contribution in [0.3, 0.4) is 0 Å². The Balaban J connectivity index is 0.000000461. The van der Waals surface area contributed by atoms with Crippen LogP contribution in [0.15, 0.2) is 12.1 Å². The van der Waals surface area contributed by atoms with Crippen molar-refractivity contribution in [2.24, 2.45) is 0 Å². The molecule has 0 unspecified atom stereocenters. The van der Waals surface area contributed by atoms with Gasteiger partial charge in [0.05, 0.1) is 6.42 Å². The van der Waals surface area contributed by atoms with E-state index in [1.54, 1.807) is 0 Å². The Morgan fingerprint density at radius 2 is 2.00 bits per heavy atom. The third-order valence-electron chi connectivity index (χ3n) is 2.14. The van der Waals surface area contributed by atoms with Crippen LogP contribution in [0.1, 0.15) is 25.0 Å². The van der Waals surface area contributed by atoms with E-state index >= 15 is 0 Å². The van der Waals surface area contributed by atoms with Gasteiger partial charge in [0.2, 0.25) is 5.91 Å². The van der Waals surface area contributed by atoms with Crippen LogP contribution in [0.5, 0.6) is 0 Å². The molecule has 14 heavy (non-hydrogen) atoms. The van der Waals surface area contributed by atoms with Crippen molar-refractivity contribution in [3.8, 4) is 0 Å². The van der Waals surface area contributed by atoms with E-state index in [2.05, 4.69) is 34.8 Å². The second-order valence-corrected chi connectivity index (χ2v) is 4.09. The largest absolute Gasteiger partial charge is 0.326 e. The smallest absolute Gasteiger partial charge is 0.228 e. The lowest BCUT2D eigenvalue weighted by atomic mass is 10.1.